The molecule has 2 rings (SSSR count). The van der Waals surface area contributed by atoms with Crippen LogP contribution in [-0.4, -0.2) is 44.5 Å². The Kier molecular flexibility index (Phi) is 17.4. The maximum absolute atomic E-state index is 5.36. The third-order valence-electron chi connectivity index (χ3n) is 2.87. The van der Waals surface area contributed by atoms with E-state index in [4.69, 9.17) is 11.5 Å². The molecule has 0 aliphatic heterocycles. The molecule has 0 aliphatic rings. The van der Waals surface area contributed by atoms with Gasteiger partial charge >= 0.3 is 0 Å². The van der Waals surface area contributed by atoms with E-state index in [-0.39, 0.29) is 24.8 Å². The van der Waals surface area contributed by atoms with E-state index < -0.39 is 0 Å². The minimum Gasteiger partial charge on any atom is -1.00 e. The molecular weight excluding hydrogens is 387 g/mol. The van der Waals surface area contributed by atoms with Gasteiger partial charge in [0.15, 0.2) is 0 Å². The molecule has 0 aliphatic carbocycles. The van der Waals surface area contributed by atoms with Crippen LogP contribution in [0.4, 0.5) is 0 Å². The summed E-state index contributed by atoms with van der Waals surface area (Å²) in [5.41, 5.74) is 15.3. The van der Waals surface area contributed by atoms with Crippen LogP contribution in [0.25, 0.3) is 0 Å². The molecule has 0 unspecified atom stereocenters. The second-order valence-electron chi connectivity index (χ2n) is 4.63. The highest BCUT2D eigenvalue weighted by molar-refractivity contribution is 7.98. The number of rotatable bonds is 8. The number of imidazole rings is 2. The van der Waals surface area contributed by atoms with Crippen molar-refractivity contribution in [2.24, 2.45) is 11.5 Å². The summed E-state index contributed by atoms with van der Waals surface area (Å²) in [7, 11) is 0. The smallest absolute Gasteiger partial charge is 0.0925 e. The van der Waals surface area contributed by atoms with Crippen LogP contribution >= 0.6 is 23.5 Å². The SMILES string of the molecule is Cc1[nH]cnc1CSCCN.Cc1[nH]cnc1CSCCN.[Cl-].[Cl-]. The summed E-state index contributed by atoms with van der Waals surface area (Å²) in [4.78, 5) is 14.4. The molecule has 2 aromatic heterocycles. The van der Waals surface area contributed by atoms with E-state index in [1.165, 1.54) is 0 Å². The number of nitrogens with one attached hydrogen (secondary N) is 2. The fraction of sp³-hybridized carbons (Fsp3) is 0.571. The molecule has 0 saturated heterocycles. The molecule has 0 bridgehead atoms. The number of halogens is 2. The second-order valence-corrected chi connectivity index (χ2v) is 6.84. The highest BCUT2D eigenvalue weighted by Gasteiger charge is 1.99. The lowest BCUT2D eigenvalue weighted by Crippen LogP contribution is -3.00. The average Bonchev–Trinajstić information content (AvgIpc) is 3.10. The van der Waals surface area contributed by atoms with Crippen molar-refractivity contribution in [1.29, 1.82) is 0 Å². The number of aromatic nitrogens is 4. The van der Waals surface area contributed by atoms with Crippen LogP contribution in [0.2, 0.25) is 0 Å². The normalized spacial score (nSPS) is 9.50. The minimum absolute atomic E-state index is 0. The van der Waals surface area contributed by atoms with Gasteiger partial charge in [0.05, 0.1) is 24.0 Å². The molecule has 10 heteroatoms. The first-order chi connectivity index (χ1) is 10.7. The van der Waals surface area contributed by atoms with Crippen molar-refractivity contribution in [3.63, 3.8) is 0 Å². The average molecular weight is 413 g/mol. The van der Waals surface area contributed by atoms with Crippen molar-refractivity contribution in [3.8, 4) is 0 Å². The molecule has 24 heavy (non-hydrogen) atoms. The van der Waals surface area contributed by atoms with Crippen molar-refractivity contribution in [2.75, 3.05) is 24.6 Å². The molecule has 0 atom stereocenters. The lowest BCUT2D eigenvalue weighted by molar-refractivity contribution is -0.001000. The molecule has 0 fully saturated rings. The van der Waals surface area contributed by atoms with E-state index in [0.29, 0.717) is 0 Å². The molecule has 0 aromatic carbocycles. The van der Waals surface area contributed by atoms with Crippen LogP contribution < -0.4 is 36.3 Å². The lowest BCUT2D eigenvalue weighted by Gasteiger charge is -1.96. The van der Waals surface area contributed by atoms with E-state index in [9.17, 15) is 0 Å². The molecule has 0 spiro atoms. The highest BCUT2D eigenvalue weighted by Crippen LogP contribution is 2.11. The number of aryl methyl sites for hydroxylation is 2. The van der Waals surface area contributed by atoms with E-state index in [1.807, 2.05) is 37.4 Å². The third kappa shape index (κ3) is 10.5. The third-order valence-corrected chi connectivity index (χ3v) is 4.87. The molecule has 2 heterocycles. The molecule has 0 saturated carbocycles. The first-order valence-electron chi connectivity index (χ1n) is 7.22. The molecule has 0 radical (unpaired) electrons. The minimum atomic E-state index is 0. The predicted molar refractivity (Wildman–Crippen MR) is 97.1 cm³/mol. The number of nitrogens with zero attached hydrogens (tertiary/aromatic N) is 2. The zero-order valence-electron chi connectivity index (χ0n) is 14.0. The van der Waals surface area contributed by atoms with Crippen LogP contribution in [0, 0.1) is 13.8 Å². The van der Waals surface area contributed by atoms with Crippen molar-refractivity contribution in [3.05, 3.63) is 35.4 Å². The number of nitrogens with two attached hydrogens (primary N) is 2. The van der Waals surface area contributed by atoms with Gasteiger partial charge in [-0.2, -0.15) is 23.5 Å². The Morgan fingerprint density at radius 1 is 0.833 bits per heavy atom. The predicted octanol–water partition coefficient (Wildman–Crippen LogP) is -4.17. The summed E-state index contributed by atoms with van der Waals surface area (Å²) in [6.07, 6.45) is 3.46. The van der Waals surface area contributed by atoms with E-state index >= 15 is 0 Å². The second kappa shape index (κ2) is 16.1. The standard InChI is InChI=1S/2C7H13N3S.2ClH/c2*1-6-7(10-5-9-6)4-11-3-2-8;;/h2*5H,2-4,8H2,1H3,(H,9,10);2*1H/p-2. The van der Waals surface area contributed by atoms with Gasteiger partial charge in [-0.3, -0.25) is 0 Å². The van der Waals surface area contributed by atoms with Crippen LogP contribution in [0.1, 0.15) is 22.8 Å². The van der Waals surface area contributed by atoms with Gasteiger partial charge < -0.3 is 46.2 Å². The topological polar surface area (TPSA) is 109 Å². The van der Waals surface area contributed by atoms with Gasteiger partial charge in [-0.15, -0.1) is 0 Å². The Bertz CT molecular complexity index is 475. The summed E-state index contributed by atoms with van der Waals surface area (Å²) in [6, 6.07) is 0. The van der Waals surface area contributed by atoms with Crippen LogP contribution in [-0.2, 0) is 11.5 Å². The largest absolute Gasteiger partial charge is 1.00 e. The Balaban J connectivity index is 0. The summed E-state index contributed by atoms with van der Waals surface area (Å²) in [5.74, 6) is 3.94. The molecule has 6 N–H and O–H groups in total. The van der Waals surface area contributed by atoms with Gasteiger partial charge in [0, 0.05) is 47.5 Å². The summed E-state index contributed by atoms with van der Waals surface area (Å²) >= 11 is 3.64. The quantitative estimate of drug-likeness (QED) is 0.327. The first-order valence-corrected chi connectivity index (χ1v) is 9.53. The van der Waals surface area contributed by atoms with Gasteiger partial charge in [0.1, 0.15) is 0 Å². The Morgan fingerprint density at radius 3 is 1.46 bits per heavy atom. The summed E-state index contributed by atoms with van der Waals surface area (Å²) < 4.78 is 0. The maximum atomic E-state index is 5.36. The molecule has 2 aromatic rings. The van der Waals surface area contributed by atoms with Gasteiger partial charge in [0.25, 0.3) is 0 Å². The van der Waals surface area contributed by atoms with E-state index in [0.717, 1.165) is 58.9 Å². The zero-order chi connectivity index (χ0) is 16.2. The number of hydrogen-bond donors (Lipinski definition) is 4. The number of H-pyrrole nitrogens is 2. The summed E-state index contributed by atoms with van der Waals surface area (Å²) in [6.45, 7) is 5.55. The maximum Gasteiger partial charge on any atom is 0.0925 e. The van der Waals surface area contributed by atoms with Crippen molar-refractivity contribution >= 4 is 23.5 Å². The van der Waals surface area contributed by atoms with E-state index in [1.54, 1.807) is 12.7 Å². The molecule has 6 nitrogen and oxygen atoms in total. The van der Waals surface area contributed by atoms with Crippen LogP contribution in [0.5, 0.6) is 0 Å². The van der Waals surface area contributed by atoms with Gasteiger partial charge in [-0.25, -0.2) is 9.97 Å². The Hall–Kier alpha value is -0.380. The number of hydrogen-bond acceptors (Lipinski definition) is 6. The number of aromatic amines is 2. The van der Waals surface area contributed by atoms with Crippen LogP contribution in [0.15, 0.2) is 12.7 Å². The van der Waals surface area contributed by atoms with E-state index in [2.05, 4.69) is 19.9 Å². The molecular formula is C14H26Cl2N6S2-2. The summed E-state index contributed by atoms with van der Waals surface area (Å²) in [5, 5.41) is 0. The monoisotopic (exact) mass is 412 g/mol. The highest BCUT2D eigenvalue weighted by atomic mass is 35.5. The van der Waals surface area contributed by atoms with Crippen LogP contribution in [0.3, 0.4) is 0 Å². The number of thioether (sulfide) groups is 2. The molecule has 0 amide bonds. The van der Waals surface area contributed by atoms with Crippen molar-refractivity contribution in [2.45, 2.75) is 25.4 Å². The first kappa shape index (κ1) is 25.9. The van der Waals surface area contributed by atoms with Gasteiger partial charge in [-0.05, 0) is 13.8 Å². The Labute approximate surface area is 165 Å². The van der Waals surface area contributed by atoms with Crippen molar-refractivity contribution in [1.82, 2.24) is 19.9 Å². The molecule has 140 valence electrons. The fourth-order valence-corrected chi connectivity index (χ4v) is 3.16. The van der Waals surface area contributed by atoms with Crippen molar-refractivity contribution < 1.29 is 24.8 Å². The lowest BCUT2D eigenvalue weighted by atomic mass is 10.4. The Morgan fingerprint density at radius 2 is 1.21 bits per heavy atom. The fourth-order valence-electron chi connectivity index (χ4n) is 1.57. The van der Waals surface area contributed by atoms with Gasteiger partial charge in [-0.1, -0.05) is 0 Å². The van der Waals surface area contributed by atoms with Gasteiger partial charge in [0.2, 0.25) is 0 Å². The zero-order valence-corrected chi connectivity index (χ0v) is 17.2.